The van der Waals surface area contributed by atoms with Crippen LogP contribution in [0.25, 0.3) is 10.7 Å². The van der Waals surface area contributed by atoms with Crippen LogP contribution in [0.2, 0.25) is 0 Å². The Bertz CT molecular complexity index is 902. The summed E-state index contributed by atoms with van der Waals surface area (Å²) in [5.74, 6) is -0.517. The molecule has 1 atom stereocenters. The molecule has 0 N–H and O–H groups in total. The van der Waals surface area contributed by atoms with Crippen molar-refractivity contribution in [2.75, 3.05) is 0 Å². The molecular formula is C17H12N4O2S. The van der Waals surface area contributed by atoms with Gasteiger partial charge in [0.25, 0.3) is 0 Å². The first-order chi connectivity index (χ1) is 11.7. The molecule has 2 aromatic heterocycles. The van der Waals surface area contributed by atoms with E-state index >= 15 is 0 Å². The summed E-state index contributed by atoms with van der Waals surface area (Å²) in [6.45, 7) is 1.75. The van der Waals surface area contributed by atoms with Gasteiger partial charge in [0.15, 0.2) is 5.69 Å². The molecule has 0 bridgehead atoms. The van der Waals surface area contributed by atoms with E-state index < -0.39 is 12.1 Å². The molecule has 0 aliphatic rings. The number of hydrogen-bond donors (Lipinski definition) is 0. The Labute approximate surface area is 142 Å². The van der Waals surface area contributed by atoms with Gasteiger partial charge in [-0.2, -0.15) is 5.26 Å². The van der Waals surface area contributed by atoms with E-state index in [-0.39, 0.29) is 5.69 Å². The molecule has 0 amide bonds. The minimum absolute atomic E-state index is 0.226. The minimum Gasteiger partial charge on any atom is -0.453 e. The third kappa shape index (κ3) is 3.45. The summed E-state index contributed by atoms with van der Waals surface area (Å²) < 4.78 is 5.43. The van der Waals surface area contributed by atoms with Gasteiger partial charge in [-0.25, -0.2) is 9.78 Å². The quantitative estimate of drug-likeness (QED) is 0.679. The molecule has 0 fully saturated rings. The van der Waals surface area contributed by atoms with Crippen molar-refractivity contribution >= 4 is 17.3 Å². The SMILES string of the molecule is C[C@H](OC(=O)c1csc(-c2cnccn2)n1)c1cccc(C#N)c1. The van der Waals surface area contributed by atoms with Crippen LogP contribution in [0.3, 0.4) is 0 Å². The maximum Gasteiger partial charge on any atom is 0.358 e. The summed E-state index contributed by atoms with van der Waals surface area (Å²) >= 11 is 1.30. The lowest BCUT2D eigenvalue weighted by atomic mass is 10.1. The van der Waals surface area contributed by atoms with Crippen molar-refractivity contribution < 1.29 is 9.53 Å². The van der Waals surface area contributed by atoms with Crippen LogP contribution in [0, 0.1) is 11.3 Å². The number of ether oxygens (including phenoxy) is 1. The highest BCUT2D eigenvalue weighted by Crippen LogP contribution is 2.23. The first kappa shape index (κ1) is 15.8. The molecule has 0 aliphatic heterocycles. The highest BCUT2D eigenvalue weighted by molar-refractivity contribution is 7.13. The third-order valence-corrected chi connectivity index (χ3v) is 4.13. The maximum absolute atomic E-state index is 12.2. The minimum atomic E-state index is -0.517. The van der Waals surface area contributed by atoms with E-state index in [1.807, 2.05) is 6.07 Å². The van der Waals surface area contributed by atoms with Crippen LogP contribution in [0.15, 0.2) is 48.2 Å². The van der Waals surface area contributed by atoms with Gasteiger partial charge in [0.05, 0.1) is 17.8 Å². The molecule has 0 saturated heterocycles. The van der Waals surface area contributed by atoms with E-state index in [0.29, 0.717) is 16.3 Å². The summed E-state index contributed by atoms with van der Waals surface area (Å²) in [6.07, 6.45) is 4.25. The number of nitrogens with zero attached hydrogens (tertiary/aromatic N) is 4. The fraction of sp³-hybridized carbons (Fsp3) is 0.118. The number of nitriles is 1. The molecule has 2 heterocycles. The topological polar surface area (TPSA) is 88.8 Å². The lowest BCUT2D eigenvalue weighted by Crippen LogP contribution is -2.09. The molecule has 0 aliphatic carbocycles. The molecule has 3 rings (SSSR count). The van der Waals surface area contributed by atoms with Crippen LogP contribution in [0.1, 0.15) is 34.6 Å². The van der Waals surface area contributed by atoms with Gasteiger partial charge >= 0.3 is 5.97 Å². The Morgan fingerprint density at radius 2 is 2.25 bits per heavy atom. The van der Waals surface area contributed by atoms with Gasteiger partial charge < -0.3 is 4.74 Å². The molecule has 0 radical (unpaired) electrons. The van der Waals surface area contributed by atoms with E-state index in [1.54, 1.807) is 49.1 Å². The largest absolute Gasteiger partial charge is 0.453 e. The van der Waals surface area contributed by atoms with E-state index in [0.717, 1.165) is 5.56 Å². The predicted octanol–water partition coefficient (Wildman–Crippen LogP) is 3.39. The number of hydrogen-bond acceptors (Lipinski definition) is 7. The van der Waals surface area contributed by atoms with E-state index in [2.05, 4.69) is 21.0 Å². The highest BCUT2D eigenvalue weighted by Gasteiger charge is 2.18. The Hall–Kier alpha value is -3.11. The van der Waals surface area contributed by atoms with E-state index in [9.17, 15) is 4.79 Å². The molecule has 0 spiro atoms. The van der Waals surface area contributed by atoms with Gasteiger partial charge in [-0.3, -0.25) is 9.97 Å². The number of carbonyl (C=O) groups excluding carboxylic acids is 1. The third-order valence-electron chi connectivity index (χ3n) is 3.26. The Morgan fingerprint density at radius 1 is 1.38 bits per heavy atom. The first-order valence-electron chi connectivity index (χ1n) is 7.10. The lowest BCUT2D eigenvalue weighted by Gasteiger charge is -2.12. The normalized spacial score (nSPS) is 11.5. The molecule has 0 saturated carbocycles. The van der Waals surface area contributed by atoms with Gasteiger partial charge in [0.1, 0.15) is 16.8 Å². The van der Waals surface area contributed by atoms with Crippen LogP contribution in [-0.4, -0.2) is 20.9 Å². The summed E-state index contributed by atoms with van der Waals surface area (Å²) in [4.78, 5) is 24.6. The maximum atomic E-state index is 12.2. The van der Waals surface area contributed by atoms with Gasteiger partial charge in [-0.05, 0) is 24.6 Å². The molecule has 24 heavy (non-hydrogen) atoms. The first-order valence-corrected chi connectivity index (χ1v) is 7.98. The van der Waals surface area contributed by atoms with Crippen molar-refractivity contribution in [1.82, 2.24) is 15.0 Å². The zero-order chi connectivity index (χ0) is 16.9. The Morgan fingerprint density at radius 3 is 3.00 bits per heavy atom. The van der Waals surface area contributed by atoms with Crippen molar-refractivity contribution in [1.29, 1.82) is 5.26 Å². The predicted molar refractivity (Wildman–Crippen MR) is 88.1 cm³/mol. The molecule has 7 heteroatoms. The Kier molecular flexibility index (Phi) is 4.59. The van der Waals surface area contributed by atoms with Crippen molar-refractivity contribution in [3.63, 3.8) is 0 Å². The molecule has 118 valence electrons. The summed E-state index contributed by atoms with van der Waals surface area (Å²) in [5.41, 5.74) is 2.11. The standard InChI is InChI=1S/C17H12N4O2S/c1-11(13-4-2-3-12(7-13)8-18)23-17(22)15-10-24-16(21-15)14-9-19-5-6-20-14/h2-7,9-11H,1H3/t11-/m0/s1. The summed E-state index contributed by atoms with van der Waals surface area (Å²) in [6, 6.07) is 9.03. The van der Waals surface area contributed by atoms with Gasteiger partial charge in [0.2, 0.25) is 0 Å². The van der Waals surface area contributed by atoms with Gasteiger partial charge in [-0.1, -0.05) is 12.1 Å². The smallest absolute Gasteiger partial charge is 0.358 e. The number of thiazole rings is 1. The van der Waals surface area contributed by atoms with Crippen molar-refractivity contribution in [2.24, 2.45) is 0 Å². The molecule has 3 aromatic rings. The molecular weight excluding hydrogens is 324 g/mol. The number of rotatable bonds is 4. The van der Waals surface area contributed by atoms with Gasteiger partial charge in [-0.15, -0.1) is 11.3 Å². The second kappa shape index (κ2) is 6.98. The monoisotopic (exact) mass is 336 g/mol. The number of aromatic nitrogens is 3. The fourth-order valence-electron chi connectivity index (χ4n) is 2.04. The van der Waals surface area contributed by atoms with Crippen molar-refractivity contribution in [3.8, 4) is 16.8 Å². The number of benzene rings is 1. The molecule has 6 nitrogen and oxygen atoms in total. The molecule has 0 unspecified atom stereocenters. The summed E-state index contributed by atoms with van der Waals surface area (Å²) in [7, 11) is 0. The summed E-state index contributed by atoms with van der Waals surface area (Å²) in [5, 5.41) is 11.2. The zero-order valence-electron chi connectivity index (χ0n) is 12.7. The number of esters is 1. The van der Waals surface area contributed by atoms with Crippen LogP contribution in [-0.2, 0) is 4.74 Å². The van der Waals surface area contributed by atoms with E-state index in [1.165, 1.54) is 11.3 Å². The van der Waals surface area contributed by atoms with Crippen molar-refractivity contribution in [2.45, 2.75) is 13.0 Å². The lowest BCUT2D eigenvalue weighted by molar-refractivity contribution is 0.0332. The average molecular weight is 336 g/mol. The van der Waals surface area contributed by atoms with Crippen molar-refractivity contribution in [3.05, 3.63) is 65.1 Å². The van der Waals surface area contributed by atoms with Crippen LogP contribution in [0.4, 0.5) is 0 Å². The van der Waals surface area contributed by atoms with Crippen LogP contribution < -0.4 is 0 Å². The highest BCUT2D eigenvalue weighted by atomic mass is 32.1. The zero-order valence-corrected chi connectivity index (χ0v) is 13.5. The second-order valence-electron chi connectivity index (χ2n) is 4.91. The Balaban J connectivity index is 1.73. The van der Waals surface area contributed by atoms with Gasteiger partial charge in [0, 0.05) is 17.8 Å². The van der Waals surface area contributed by atoms with E-state index in [4.69, 9.17) is 10.00 Å². The molecule has 1 aromatic carbocycles. The van der Waals surface area contributed by atoms with Crippen LogP contribution in [0.5, 0.6) is 0 Å². The van der Waals surface area contributed by atoms with Crippen LogP contribution >= 0.6 is 11.3 Å². The average Bonchev–Trinajstić information content (AvgIpc) is 3.13. The fourth-order valence-corrected chi connectivity index (χ4v) is 2.79. The second-order valence-corrected chi connectivity index (χ2v) is 5.77. The number of carbonyl (C=O) groups is 1.